The van der Waals surface area contributed by atoms with E-state index in [2.05, 4.69) is 4.99 Å². The SMILES string of the molecule is CCOC(=O)[C@@H](CN=CB=O)N(Cc1ccc2c(c1)OCO2)S(C)(=O)=O. The Morgan fingerprint density at radius 1 is 1.42 bits per heavy atom. The van der Waals surface area contributed by atoms with Gasteiger partial charge in [-0.25, -0.2) is 0 Å². The Morgan fingerprint density at radius 2 is 2.15 bits per heavy atom. The van der Waals surface area contributed by atoms with Gasteiger partial charge in [-0.1, -0.05) is 0 Å². The molecule has 1 heterocycles. The molecular weight excluding hydrogens is 363 g/mol. The monoisotopic (exact) mass is 382 g/mol. The summed E-state index contributed by atoms with van der Waals surface area (Å²) in [6.07, 6.45) is 1.96. The summed E-state index contributed by atoms with van der Waals surface area (Å²) in [6.45, 7) is 1.49. The Bertz CT molecular complexity index is 797. The van der Waals surface area contributed by atoms with Crippen LogP contribution in [0.3, 0.4) is 0 Å². The average Bonchev–Trinajstić information content (AvgIpc) is 3.04. The van der Waals surface area contributed by atoms with Gasteiger partial charge in [-0.15, -0.1) is 0 Å². The van der Waals surface area contributed by atoms with Gasteiger partial charge in [-0.3, -0.25) is 0 Å². The van der Waals surface area contributed by atoms with E-state index in [1.54, 1.807) is 25.1 Å². The predicted molar refractivity (Wildman–Crippen MR) is 93.2 cm³/mol. The number of benzene rings is 1. The molecule has 0 saturated carbocycles. The van der Waals surface area contributed by atoms with Gasteiger partial charge in [-0.2, -0.15) is 0 Å². The van der Waals surface area contributed by atoms with Crippen LogP contribution in [0.5, 0.6) is 11.5 Å². The van der Waals surface area contributed by atoms with Gasteiger partial charge in [0.05, 0.1) is 0 Å². The molecular formula is C15H19BN2O7S. The van der Waals surface area contributed by atoms with Crippen molar-refractivity contribution in [1.82, 2.24) is 4.31 Å². The zero-order valence-corrected chi connectivity index (χ0v) is 15.3. The zero-order chi connectivity index (χ0) is 19.2. The maximum atomic E-state index is 12.3. The van der Waals surface area contributed by atoms with Gasteiger partial charge in [0, 0.05) is 0 Å². The summed E-state index contributed by atoms with van der Waals surface area (Å²) in [6, 6.07) is 3.81. The fraction of sp³-hybridized carbons (Fsp3) is 0.467. The molecule has 0 aliphatic carbocycles. The van der Waals surface area contributed by atoms with Crippen molar-refractivity contribution in [2.75, 3.05) is 26.2 Å². The molecule has 1 aromatic rings. The van der Waals surface area contributed by atoms with Crippen LogP contribution in [0, 0.1) is 0 Å². The molecule has 0 saturated heterocycles. The first-order chi connectivity index (χ1) is 12.4. The van der Waals surface area contributed by atoms with E-state index in [9.17, 15) is 17.9 Å². The minimum absolute atomic E-state index is 0.0877. The molecule has 1 aliphatic heterocycles. The summed E-state index contributed by atoms with van der Waals surface area (Å²) in [5, 5.41) is 0. The normalized spacial score (nSPS) is 14.4. The molecule has 0 aromatic heterocycles. The molecule has 9 nitrogen and oxygen atoms in total. The average molecular weight is 382 g/mol. The van der Waals surface area contributed by atoms with Crippen LogP contribution in [0.1, 0.15) is 12.5 Å². The van der Waals surface area contributed by atoms with Crippen molar-refractivity contribution in [1.29, 1.82) is 0 Å². The Balaban J connectivity index is 2.31. The van der Waals surface area contributed by atoms with E-state index in [0.29, 0.717) is 24.2 Å². The number of aliphatic imine (C=N–C) groups is 1. The molecule has 140 valence electrons. The number of nitrogens with zero attached hydrogens (tertiary/aromatic N) is 2. The molecule has 0 N–H and O–H groups in total. The Labute approximate surface area is 152 Å². The van der Waals surface area contributed by atoms with E-state index < -0.39 is 22.0 Å². The second kappa shape index (κ2) is 8.90. The number of rotatable bonds is 9. The summed E-state index contributed by atoms with van der Waals surface area (Å²) in [4.78, 5) is 16.1. The van der Waals surface area contributed by atoms with Gasteiger partial charge >= 0.3 is 152 Å². The number of carbonyl (C=O) groups excluding carboxylic acids is 1. The first kappa shape index (κ1) is 20.1. The second-order valence-corrected chi connectivity index (χ2v) is 7.35. The van der Waals surface area contributed by atoms with E-state index in [1.165, 1.54) is 0 Å². The van der Waals surface area contributed by atoms with E-state index >= 15 is 0 Å². The number of esters is 1. The predicted octanol–water partition coefficient (Wildman–Crippen LogP) is 0.187. The number of hydrogen-bond donors (Lipinski definition) is 0. The molecule has 0 amide bonds. The van der Waals surface area contributed by atoms with Crippen LogP contribution in [-0.4, -0.2) is 64.2 Å². The molecule has 1 aromatic carbocycles. The van der Waals surface area contributed by atoms with Crippen molar-refractivity contribution >= 4 is 29.3 Å². The van der Waals surface area contributed by atoms with Gasteiger partial charge < -0.3 is 0 Å². The molecule has 0 fully saturated rings. The van der Waals surface area contributed by atoms with Crippen molar-refractivity contribution in [3.63, 3.8) is 0 Å². The topological polar surface area (TPSA) is 112 Å². The fourth-order valence-corrected chi connectivity index (χ4v) is 3.40. The summed E-state index contributed by atoms with van der Waals surface area (Å²) in [5.41, 5.74) is 0.605. The third-order valence-electron chi connectivity index (χ3n) is 3.55. The van der Waals surface area contributed by atoms with Gasteiger partial charge in [-0.05, 0) is 0 Å². The van der Waals surface area contributed by atoms with Crippen molar-refractivity contribution < 1.29 is 32.1 Å². The number of sulfonamides is 1. The number of carbonyl (C=O) groups is 1. The quantitative estimate of drug-likeness (QED) is 0.340. The van der Waals surface area contributed by atoms with Gasteiger partial charge in [0.2, 0.25) is 0 Å². The van der Waals surface area contributed by atoms with Crippen LogP contribution in [0.15, 0.2) is 23.2 Å². The van der Waals surface area contributed by atoms with Crippen LogP contribution in [0.2, 0.25) is 0 Å². The van der Waals surface area contributed by atoms with Crippen LogP contribution in [-0.2, 0) is 30.8 Å². The van der Waals surface area contributed by atoms with E-state index in [0.717, 1.165) is 16.7 Å². The van der Waals surface area contributed by atoms with Crippen LogP contribution in [0.4, 0.5) is 0 Å². The molecule has 11 heteroatoms. The Hall–Kier alpha value is -2.27. The second-order valence-electron chi connectivity index (χ2n) is 5.41. The fourth-order valence-electron chi connectivity index (χ4n) is 2.40. The first-order valence-corrected chi connectivity index (χ1v) is 9.67. The molecule has 26 heavy (non-hydrogen) atoms. The van der Waals surface area contributed by atoms with Gasteiger partial charge in [0.1, 0.15) is 0 Å². The summed E-state index contributed by atoms with van der Waals surface area (Å²) < 4.78 is 51.5. The Morgan fingerprint density at radius 3 is 2.81 bits per heavy atom. The molecule has 0 radical (unpaired) electrons. The summed E-state index contributed by atoms with van der Waals surface area (Å²) >= 11 is 0. The molecule has 0 spiro atoms. The van der Waals surface area contributed by atoms with Crippen molar-refractivity contribution in [2.24, 2.45) is 4.99 Å². The molecule has 1 atom stereocenters. The van der Waals surface area contributed by atoms with Gasteiger partial charge in [0.25, 0.3) is 0 Å². The molecule has 0 bridgehead atoms. The summed E-state index contributed by atoms with van der Waals surface area (Å²) in [5.74, 6) is 0.335. The molecule has 2 rings (SSSR count). The minimum atomic E-state index is -3.78. The molecule has 0 unspecified atom stereocenters. The van der Waals surface area contributed by atoms with E-state index in [-0.39, 0.29) is 26.5 Å². The third-order valence-corrected chi connectivity index (χ3v) is 4.79. The van der Waals surface area contributed by atoms with Crippen LogP contribution < -0.4 is 9.47 Å². The number of hydrogen-bond acceptors (Lipinski definition) is 8. The number of fused-ring (bicyclic) bond motifs is 1. The van der Waals surface area contributed by atoms with Crippen LogP contribution >= 0.6 is 0 Å². The van der Waals surface area contributed by atoms with Crippen molar-refractivity contribution in [2.45, 2.75) is 19.5 Å². The van der Waals surface area contributed by atoms with Crippen molar-refractivity contribution in [3.05, 3.63) is 23.8 Å². The Kier molecular flexibility index (Phi) is 6.87. The van der Waals surface area contributed by atoms with E-state index in [4.69, 9.17) is 14.2 Å². The zero-order valence-electron chi connectivity index (χ0n) is 14.5. The van der Waals surface area contributed by atoms with Crippen LogP contribution in [0.25, 0.3) is 0 Å². The summed E-state index contributed by atoms with van der Waals surface area (Å²) in [7, 11) is -3.33. The number of ether oxygens (including phenoxy) is 3. The van der Waals surface area contributed by atoms with Crippen molar-refractivity contribution in [3.8, 4) is 11.5 Å². The molecule has 1 aliphatic rings. The third kappa shape index (κ3) is 5.12. The standard InChI is InChI=1S/C15H19BN2O7S/c1-3-23-15(19)12(7-17-9-16-20)18(26(2,21)22)8-11-4-5-13-14(6-11)25-10-24-13/h4-6,9,12H,3,7-8,10H2,1-2H3/t12-/m1/s1. The van der Waals surface area contributed by atoms with Gasteiger partial charge in [0.15, 0.2) is 0 Å². The first-order valence-electron chi connectivity index (χ1n) is 7.82. The van der Waals surface area contributed by atoms with E-state index in [1.807, 2.05) is 0 Å². The maximum absolute atomic E-state index is 12.3.